The van der Waals surface area contributed by atoms with Crippen LogP contribution in [0.25, 0.3) is 0 Å². The fourth-order valence-corrected chi connectivity index (χ4v) is 2.79. The molecule has 18 heavy (non-hydrogen) atoms. The van der Waals surface area contributed by atoms with E-state index in [2.05, 4.69) is 0 Å². The number of carbonyl (C=O) groups excluding carboxylic acids is 1. The molecule has 1 N–H and O–H groups in total. The third kappa shape index (κ3) is 2.34. The minimum atomic E-state index is -4.73. The number of aliphatic hydroxyl groups is 1. The number of thiophene rings is 1. The number of halogens is 4. The first-order valence-electron chi connectivity index (χ1n) is 5.07. The third-order valence-electron chi connectivity index (χ3n) is 2.85. The Bertz CT molecular complexity index is 476. The van der Waals surface area contributed by atoms with E-state index in [9.17, 15) is 23.1 Å². The molecular formula is C10H9ClF3NO2S. The fourth-order valence-electron chi connectivity index (χ4n) is 1.78. The largest absolute Gasteiger partial charge is 0.419 e. The highest BCUT2D eigenvalue weighted by atomic mass is 35.5. The van der Waals surface area contributed by atoms with Crippen molar-refractivity contribution in [1.29, 1.82) is 0 Å². The van der Waals surface area contributed by atoms with Gasteiger partial charge in [-0.15, -0.1) is 11.3 Å². The van der Waals surface area contributed by atoms with Gasteiger partial charge in [0.15, 0.2) is 5.60 Å². The first-order chi connectivity index (χ1) is 8.23. The van der Waals surface area contributed by atoms with E-state index in [1.54, 1.807) is 0 Å². The van der Waals surface area contributed by atoms with E-state index in [1.807, 2.05) is 0 Å². The smallest absolute Gasteiger partial charge is 0.379 e. The number of rotatable bonds is 1. The van der Waals surface area contributed by atoms with Crippen LogP contribution in [0.5, 0.6) is 0 Å². The van der Waals surface area contributed by atoms with Crippen molar-refractivity contribution < 1.29 is 23.1 Å². The molecule has 2 rings (SSSR count). The van der Waals surface area contributed by atoms with Gasteiger partial charge in [-0.2, -0.15) is 13.2 Å². The highest BCUT2D eigenvalue weighted by molar-refractivity contribution is 7.17. The molecule has 0 aromatic carbocycles. The van der Waals surface area contributed by atoms with Crippen molar-refractivity contribution in [2.45, 2.75) is 18.2 Å². The Labute approximate surface area is 110 Å². The summed E-state index contributed by atoms with van der Waals surface area (Å²) in [5.74, 6) is -0.535. The maximum Gasteiger partial charge on any atom is 0.419 e. The topological polar surface area (TPSA) is 40.5 Å². The zero-order valence-electron chi connectivity index (χ0n) is 9.00. The van der Waals surface area contributed by atoms with E-state index in [1.165, 1.54) is 12.1 Å². The third-order valence-corrected chi connectivity index (χ3v) is 4.07. The highest BCUT2D eigenvalue weighted by Gasteiger charge is 2.57. The molecule has 0 unspecified atom stereocenters. The zero-order valence-corrected chi connectivity index (χ0v) is 10.6. The Balaban J connectivity index is 2.12. The number of carbonyl (C=O) groups is 1. The first kappa shape index (κ1) is 13.6. The van der Waals surface area contributed by atoms with Crippen LogP contribution in [-0.4, -0.2) is 40.8 Å². The Kier molecular flexibility index (Phi) is 3.33. The number of nitrogens with zero attached hydrogens (tertiary/aromatic N) is 1. The summed E-state index contributed by atoms with van der Waals surface area (Å²) in [6, 6.07) is 2.96. The molecule has 1 fully saturated rings. The lowest BCUT2D eigenvalue weighted by Gasteiger charge is -2.25. The summed E-state index contributed by atoms with van der Waals surface area (Å²) in [5, 5.41) is 9.46. The molecule has 0 spiro atoms. The van der Waals surface area contributed by atoms with Crippen molar-refractivity contribution in [1.82, 2.24) is 4.90 Å². The predicted molar refractivity (Wildman–Crippen MR) is 60.9 cm³/mol. The lowest BCUT2D eigenvalue weighted by Crippen LogP contribution is -2.47. The monoisotopic (exact) mass is 299 g/mol. The number of likely N-dealkylation sites (tertiary alicyclic amines) is 1. The van der Waals surface area contributed by atoms with Crippen LogP contribution >= 0.6 is 22.9 Å². The van der Waals surface area contributed by atoms with Crippen molar-refractivity contribution in [3.63, 3.8) is 0 Å². The second-order valence-electron chi connectivity index (χ2n) is 4.11. The van der Waals surface area contributed by atoms with Gasteiger partial charge in [-0.3, -0.25) is 4.79 Å². The average Bonchev–Trinajstić information content (AvgIpc) is 2.84. The molecule has 3 nitrogen and oxygen atoms in total. The molecule has 8 heteroatoms. The van der Waals surface area contributed by atoms with Crippen LogP contribution in [0.3, 0.4) is 0 Å². The highest BCUT2D eigenvalue weighted by Crippen LogP contribution is 2.38. The van der Waals surface area contributed by atoms with Crippen molar-refractivity contribution in [2.24, 2.45) is 0 Å². The fraction of sp³-hybridized carbons (Fsp3) is 0.500. The quantitative estimate of drug-likeness (QED) is 0.866. The number of hydrogen-bond acceptors (Lipinski definition) is 3. The summed E-state index contributed by atoms with van der Waals surface area (Å²) in [7, 11) is 0. The van der Waals surface area contributed by atoms with Crippen LogP contribution in [-0.2, 0) is 0 Å². The van der Waals surface area contributed by atoms with Gasteiger partial charge >= 0.3 is 6.18 Å². The van der Waals surface area contributed by atoms with E-state index in [0.717, 1.165) is 16.2 Å². The maximum absolute atomic E-state index is 12.6. The summed E-state index contributed by atoms with van der Waals surface area (Å²) in [5.41, 5.74) is -2.80. The molecule has 0 radical (unpaired) electrons. The Morgan fingerprint density at radius 3 is 2.61 bits per heavy atom. The van der Waals surface area contributed by atoms with Gasteiger partial charge < -0.3 is 10.0 Å². The number of hydrogen-bond donors (Lipinski definition) is 1. The zero-order chi connectivity index (χ0) is 13.6. The van der Waals surface area contributed by atoms with E-state index in [-0.39, 0.29) is 11.4 Å². The molecule has 0 saturated carbocycles. The van der Waals surface area contributed by atoms with Gasteiger partial charge in [0.05, 0.1) is 15.8 Å². The number of β-amino-alcohol motifs (C(OH)–C–C–N with tert-alkyl or cyclic N) is 1. The van der Waals surface area contributed by atoms with E-state index in [4.69, 9.17) is 11.6 Å². The van der Waals surface area contributed by atoms with Crippen molar-refractivity contribution in [2.75, 3.05) is 13.1 Å². The molecule has 1 aliphatic heterocycles. The molecule has 1 aromatic rings. The van der Waals surface area contributed by atoms with Gasteiger partial charge in [0.1, 0.15) is 0 Å². The minimum Gasteiger partial charge on any atom is -0.379 e. The molecule has 1 saturated heterocycles. The van der Waals surface area contributed by atoms with Gasteiger partial charge in [0.2, 0.25) is 0 Å². The normalized spacial score (nSPS) is 24.6. The molecule has 1 aromatic heterocycles. The maximum atomic E-state index is 12.6. The predicted octanol–water partition coefficient (Wildman–Crippen LogP) is 2.54. The van der Waals surface area contributed by atoms with Crippen molar-refractivity contribution >= 4 is 28.8 Å². The van der Waals surface area contributed by atoms with E-state index >= 15 is 0 Å². The van der Waals surface area contributed by atoms with E-state index in [0.29, 0.717) is 4.34 Å². The lowest BCUT2D eigenvalue weighted by atomic mass is 10.0. The first-order valence-corrected chi connectivity index (χ1v) is 6.26. The number of amides is 1. The van der Waals surface area contributed by atoms with Crippen LogP contribution in [0.4, 0.5) is 13.2 Å². The van der Waals surface area contributed by atoms with Crippen LogP contribution < -0.4 is 0 Å². The Morgan fingerprint density at radius 1 is 1.50 bits per heavy atom. The standard InChI is InChI=1S/C10H9ClF3NO2S/c11-7-2-1-6(18-7)8(16)15-4-3-9(17,5-15)10(12,13)14/h1-2,17H,3-5H2/t9-/m1/s1. The summed E-state index contributed by atoms with van der Waals surface area (Å²) in [4.78, 5) is 13.1. The average molecular weight is 300 g/mol. The summed E-state index contributed by atoms with van der Waals surface area (Å²) >= 11 is 6.66. The second-order valence-corrected chi connectivity index (χ2v) is 5.82. The SMILES string of the molecule is O=C(c1ccc(Cl)s1)N1CC[C@](O)(C(F)(F)F)C1. The van der Waals surface area contributed by atoms with Gasteiger partial charge in [-0.05, 0) is 12.1 Å². The number of alkyl halides is 3. The van der Waals surface area contributed by atoms with Crippen LogP contribution in [0.1, 0.15) is 16.1 Å². The summed E-state index contributed by atoms with van der Waals surface area (Å²) < 4.78 is 38.1. The molecule has 0 aliphatic carbocycles. The van der Waals surface area contributed by atoms with Gasteiger partial charge in [-0.1, -0.05) is 11.6 Å². The Morgan fingerprint density at radius 2 is 2.17 bits per heavy atom. The molecule has 1 atom stereocenters. The molecule has 1 aliphatic rings. The second kappa shape index (κ2) is 4.40. The molecular weight excluding hydrogens is 291 g/mol. The molecule has 1 amide bonds. The summed E-state index contributed by atoms with van der Waals surface area (Å²) in [6.45, 7) is -0.852. The molecule has 0 bridgehead atoms. The minimum absolute atomic E-state index is 0.121. The van der Waals surface area contributed by atoms with Gasteiger partial charge in [0.25, 0.3) is 5.91 Å². The summed E-state index contributed by atoms with van der Waals surface area (Å²) in [6.07, 6.45) is -5.23. The van der Waals surface area contributed by atoms with Crippen molar-refractivity contribution in [3.05, 3.63) is 21.3 Å². The lowest BCUT2D eigenvalue weighted by molar-refractivity contribution is -0.253. The Hall–Kier alpha value is -0.790. The molecule has 2 heterocycles. The van der Waals surface area contributed by atoms with Gasteiger partial charge in [0, 0.05) is 13.0 Å². The van der Waals surface area contributed by atoms with Crippen LogP contribution in [0, 0.1) is 0 Å². The van der Waals surface area contributed by atoms with E-state index < -0.39 is 30.7 Å². The molecule has 100 valence electrons. The van der Waals surface area contributed by atoms with Crippen molar-refractivity contribution in [3.8, 4) is 0 Å². The van der Waals surface area contributed by atoms with Gasteiger partial charge in [-0.25, -0.2) is 0 Å². The van der Waals surface area contributed by atoms with Crippen LogP contribution in [0.2, 0.25) is 4.34 Å². The van der Waals surface area contributed by atoms with Crippen LogP contribution in [0.15, 0.2) is 12.1 Å².